The highest BCUT2D eigenvalue weighted by Crippen LogP contribution is 2.38. The average molecular weight is 435 g/mol. The maximum Gasteiger partial charge on any atom is 0.416 e. The van der Waals surface area contributed by atoms with Crippen molar-refractivity contribution in [1.29, 1.82) is 0 Å². The SMILES string of the molecule is C[C@@H](O[C@@H]1OCCN=C1c1ccc(F)cc1)c1cc(C(F)(F)F)cc(C(F)(F)F)c1. The van der Waals surface area contributed by atoms with Gasteiger partial charge in [0.05, 0.1) is 36.1 Å². The molecule has 0 radical (unpaired) electrons. The molecule has 0 fully saturated rings. The third kappa shape index (κ3) is 5.17. The van der Waals surface area contributed by atoms with Gasteiger partial charge in [-0.25, -0.2) is 4.39 Å². The van der Waals surface area contributed by atoms with Crippen molar-refractivity contribution in [2.75, 3.05) is 13.2 Å². The Balaban J connectivity index is 1.90. The summed E-state index contributed by atoms with van der Waals surface area (Å²) in [4.78, 5) is 4.26. The molecule has 2 aromatic carbocycles. The van der Waals surface area contributed by atoms with E-state index in [1.165, 1.54) is 31.2 Å². The van der Waals surface area contributed by atoms with Crippen LogP contribution in [-0.4, -0.2) is 25.2 Å². The fourth-order valence-corrected chi connectivity index (χ4v) is 2.91. The van der Waals surface area contributed by atoms with Crippen molar-refractivity contribution in [2.45, 2.75) is 31.7 Å². The van der Waals surface area contributed by atoms with Crippen LogP contribution in [-0.2, 0) is 21.8 Å². The molecule has 2 atom stereocenters. The highest BCUT2D eigenvalue weighted by molar-refractivity contribution is 6.03. The highest BCUT2D eigenvalue weighted by Gasteiger charge is 2.37. The minimum atomic E-state index is -4.96. The maximum absolute atomic E-state index is 13.2. The number of halogens is 7. The topological polar surface area (TPSA) is 30.8 Å². The largest absolute Gasteiger partial charge is 0.416 e. The first-order valence-electron chi connectivity index (χ1n) is 8.82. The fourth-order valence-electron chi connectivity index (χ4n) is 2.91. The number of aliphatic imine (C=N–C) groups is 1. The van der Waals surface area contributed by atoms with Crippen LogP contribution in [0.3, 0.4) is 0 Å². The number of alkyl halides is 6. The van der Waals surface area contributed by atoms with Crippen LogP contribution in [0.1, 0.15) is 35.3 Å². The Morgan fingerprint density at radius 1 is 0.967 bits per heavy atom. The standard InChI is InChI=1S/C20H16F7NO2/c1-11(13-8-14(19(22,23)24)10-15(9-13)20(25,26)27)30-18-17(28-6-7-29-18)12-2-4-16(21)5-3-12/h2-5,8-11,18H,6-7H2,1H3/t11-,18+/m1/s1. The molecule has 0 spiro atoms. The molecule has 1 aliphatic rings. The van der Waals surface area contributed by atoms with Crippen molar-refractivity contribution in [2.24, 2.45) is 4.99 Å². The van der Waals surface area contributed by atoms with Crippen LogP contribution in [0.25, 0.3) is 0 Å². The molecule has 0 N–H and O–H groups in total. The van der Waals surface area contributed by atoms with Gasteiger partial charge < -0.3 is 9.47 Å². The second-order valence-electron chi connectivity index (χ2n) is 6.59. The lowest BCUT2D eigenvalue weighted by atomic mass is 10.0. The minimum Gasteiger partial charge on any atom is -0.345 e. The van der Waals surface area contributed by atoms with E-state index in [1.54, 1.807) is 0 Å². The first kappa shape index (κ1) is 22.2. The van der Waals surface area contributed by atoms with Gasteiger partial charge in [-0.3, -0.25) is 4.99 Å². The molecular formula is C20H16F7NO2. The molecule has 3 nitrogen and oxygen atoms in total. The molecule has 162 valence electrons. The molecule has 0 aromatic heterocycles. The molecule has 2 aromatic rings. The van der Waals surface area contributed by atoms with E-state index in [4.69, 9.17) is 9.47 Å². The lowest BCUT2D eigenvalue weighted by Gasteiger charge is -2.28. The quantitative estimate of drug-likeness (QED) is 0.570. The van der Waals surface area contributed by atoms with Crippen LogP contribution >= 0.6 is 0 Å². The average Bonchev–Trinajstić information content (AvgIpc) is 2.67. The third-order valence-corrected chi connectivity index (χ3v) is 4.41. The molecule has 1 heterocycles. The van der Waals surface area contributed by atoms with E-state index in [9.17, 15) is 30.7 Å². The molecule has 0 unspecified atom stereocenters. The Morgan fingerprint density at radius 3 is 2.07 bits per heavy atom. The van der Waals surface area contributed by atoms with E-state index in [0.29, 0.717) is 17.7 Å². The Kier molecular flexibility index (Phi) is 6.19. The summed E-state index contributed by atoms with van der Waals surface area (Å²) in [5.74, 6) is -0.481. The molecule has 0 bridgehead atoms. The Labute approximate surface area is 167 Å². The number of hydrogen-bond donors (Lipinski definition) is 0. The predicted octanol–water partition coefficient (Wildman–Crippen LogP) is 5.79. The molecular weight excluding hydrogens is 419 g/mol. The van der Waals surface area contributed by atoms with Gasteiger partial charge in [-0.05, 0) is 42.8 Å². The van der Waals surface area contributed by atoms with Gasteiger partial charge in [0.1, 0.15) is 5.82 Å². The lowest BCUT2D eigenvalue weighted by Crippen LogP contribution is -2.34. The number of ether oxygens (including phenoxy) is 2. The van der Waals surface area contributed by atoms with E-state index in [0.717, 1.165) is 0 Å². The van der Waals surface area contributed by atoms with Gasteiger partial charge in [-0.2, -0.15) is 26.3 Å². The monoisotopic (exact) mass is 435 g/mol. The number of nitrogens with zero attached hydrogens (tertiary/aromatic N) is 1. The van der Waals surface area contributed by atoms with E-state index >= 15 is 0 Å². The van der Waals surface area contributed by atoms with E-state index in [-0.39, 0.29) is 30.5 Å². The lowest BCUT2D eigenvalue weighted by molar-refractivity contribution is -0.144. The predicted molar refractivity (Wildman–Crippen MR) is 93.5 cm³/mol. The van der Waals surface area contributed by atoms with Gasteiger partial charge in [0.25, 0.3) is 0 Å². The smallest absolute Gasteiger partial charge is 0.345 e. The zero-order valence-electron chi connectivity index (χ0n) is 15.5. The van der Waals surface area contributed by atoms with Crippen LogP contribution in [0, 0.1) is 5.82 Å². The Bertz CT molecular complexity index is 888. The molecule has 10 heteroatoms. The number of rotatable bonds is 4. The Hall–Kier alpha value is -2.46. The van der Waals surface area contributed by atoms with E-state index in [2.05, 4.69) is 4.99 Å². The number of hydrogen-bond acceptors (Lipinski definition) is 3. The first-order valence-corrected chi connectivity index (χ1v) is 8.82. The molecule has 0 saturated carbocycles. The summed E-state index contributed by atoms with van der Waals surface area (Å²) in [5, 5.41) is 0. The van der Waals surface area contributed by atoms with Crippen LogP contribution in [0.15, 0.2) is 47.5 Å². The van der Waals surface area contributed by atoms with Gasteiger partial charge in [0, 0.05) is 5.56 Å². The van der Waals surface area contributed by atoms with Crippen molar-refractivity contribution in [1.82, 2.24) is 0 Å². The zero-order valence-corrected chi connectivity index (χ0v) is 15.5. The highest BCUT2D eigenvalue weighted by atomic mass is 19.4. The van der Waals surface area contributed by atoms with Gasteiger partial charge in [0.15, 0.2) is 0 Å². The summed E-state index contributed by atoms with van der Waals surface area (Å²) in [7, 11) is 0. The van der Waals surface area contributed by atoms with E-state index in [1.807, 2.05) is 0 Å². The molecule has 30 heavy (non-hydrogen) atoms. The van der Waals surface area contributed by atoms with Crippen LogP contribution in [0.2, 0.25) is 0 Å². The minimum absolute atomic E-state index is 0.0543. The second-order valence-corrected chi connectivity index (χ2v) is 6.59. The first-order chi connectivity index (χ1) is 13.9. The summed E-state index contributed by atoms with van der Waals surface area (Å²) < 4.78 is 103. The van der Waals surface area contributed by atoms with Crippen molar-refractivity contribution in [3.8, 4) is 0 Å². The van der Waals surface area contributed by atoms with Gasteiger partial charge in [0.2, 0.25) is 6.29 Å². The second kappa shape index (κ2) is 8.35. The summed E-state index contributed by atoms with van der Waals surface area (Å²) in [5.41, 5.74) is -2.44. The summed E-state index contributed by atoms with van der Waals surface area (Å²) >= 11 is 0. The maximum atomic E-state index is 13.2. The van der Waals surface area contributed by atoms with Crippen molar-refractivity contribution in [3.63, 3.8) is 0 Å². The molecule has 0 amide bonds. The van der Waals surface area contributed by atoms with Crippen molar-refractivity contribution in [3.05, 3.63) is 70.5 Å². The third-order valence-electron chi connectivity index (χ3n) is 4.41. The normalized spacial score (nSPS) is 18.8. The molecule has 0 aliphatic carbocycles. The van der Waals surface area contributed by atoms with Crippen LogP contribution < -0.4 is 0 Å². The number of benzene rings is 2. The summed E-state index contributed by atoms with van der Waals surface area (Å²) in [6.45, 7) is 1.75. The summed E-state index contributed by atoms with van der Waals surface area (Å²) in [6.07, 6.45) is -12.2. The van der Waals surface area contributed by atoms with Gasteiger partial charge >= 0.3 is 12.4 Å². The van der Waals surface area contributed by atoms with Gasteiger partial charge in [-0.1, -0.05) is 12.1 Å². The Morgan fingerprint density at radius 2 is 1.53 bits per heavy atom. The zero-order chi connectivity index (χ0) is 22.1. The fraction of sp³-hybridized carbons (Fsp3) is 0.350. The van der Waals surface area contributed by atoms with Gasteiger partial charge in [-0.15, -0.1) is 0 Å². The molecule has 1 aliphatic heterocycles. The van der Waals surface area contributed by atoms with Crippen LogP contribution in [0.4, 0.5) is 30.7 Å². The summed E-state index contributed by atoms with van der Waals surface area (Å²) in [6, 6.07) is 6.50. The molecule has 3 rings (SSSR count). The van der Waals surface area contributed by atoms with Crippen molar-refractivity contribution < 1.29 is 40.2 Å². The van der Waals surface area contributed by atoms with Crippen LogP contribution in [0.5, 0.6) is 0 Å². The van der Waals surface area contributed by atoms with E-state index < -0.39 is 41.7 Å². The molecule has 0 saturated heterocycles. The van der Waals surface area contributed by atoms with Crippen molar-refractivity contribution >= 4 is 5.71 Å².